The number of hydrogen-bond acceptors (Lipinski definition) is 3. The number of rotatable bonds is 4. The van der Waals surface area contributed by atoms with E-state index in [0.29, 0.717) is 12.1 Å². The van der Waals surface area contributed by atoms with Crippen LogP contribution in [0.3, 0.4) is 0 Å². The maximum Gasteiger partial charge on any atom is 0.0195 e. The maximum atomic E-state index is 5.89. The van der Waals surface area contributed by atoms with Crippen molar-refractivity contribution in [2.24, 2.45) is 11.1 Å². The lowest BCUT2D eigenvalue weighted by Crippen LogP contribution is -2.57. The van der Waals surface area contributed by atoms with E-state index in [1.807, 2.05) is 0 Å². The number of hydrogen-bond donors (Lipinski definition) is 1. The van der Waals surface area contributed by atoms with E-state index < -0.39 is 0 Å². The van der Waals surface area contributed by atoms with Crippen molar-refractivity contribution in [1.29, 1.82) is 0 Å². The topological polar surface area (TPSA) is 32.5 Å². The SMILES string of the molecule is CCC(C)(CN)CN1CC(C)N(C)C(C)C1. The number of nitrogens with zero attached hydrogens (tertiary/aromatic N) is 2. The zero-order valence-corrected chi connectivity index (χ0v) is 11.7. The van der Waals surface area contributed by atoms with Crippen LogP contribution in [0.5, 0.6) is 0 Å². The first-order chi connectivity index (χ1) is 7.41. The molecular formula is C13H29N3. The van der Waals surface area contributed by atoms with E-state index in [2.05, 4.69) is 44.5 Å². The number of nitrogens with two attached hydrogens (primary N) is 1. The summed E-state index contributed by atoms with van der Waals surface area (Å²) in [6.07, 6.45) is 1.17. The first kappa shape index (κ1) is 13.9. The van der Waals surface area contributed by atoms with Gasteiger partial charge in [-0.15, -0.1) is 0 Å². The van der Waals surface area contributed by atoms with Gasteiger partial charge in [0, 0.05) is 31.7 Å². The Kier molecular flexibility index (Phi) is 4.77. The zero-order valence-electron chi connectivity index (χ0n) is 11.7. The molecule has 0 aliphatic carbocycles. The average Bonchev–Trinajstić information content (AvgIpc) is 2.25. The van der Waals surface area contributed by atoms with Crippen molar-refractivity contribution in [3.8, 4) is 0 Å². The van der Waals surface area contributed by atoms with Gasteiger partial charge in [0.05, 0.1) is 0 Å². The molecule has 2 N–H and O–H groups in total. The molecule has 0 amide bonds. The van der Waals surface area contributed by atoms with Crippen molar-refractivity contribution in [2.45, 2.75) is 46.2 Å². The van der Waals surface area contributed by atoms with Gasteiger partial charge in [-0.1, -0.05) is 13.8 Å². The van der Waals surface area contributed by atoms with E-state index >= 15 is 0 Å². The second kappa shape index (κ2) is 5.48. The van der Waals surface area contributed by atoms with Gasteiger partial charge in [0.25, 0.3) is 0 Å². The summed E-state index contributed by atoms with van der Waals surface area (Å²) in [4.78, 5) is 5.06. The molecule has 3 nitrogen and oxygen atoms in total. The van der Waals surface area contributed by atoms with Crippen LogP contribution in [0, 0.1) is 5.41 Å². The lowest BCUT2D eigenvalue weighted by atomic mass is 9.86. The Morgan fingerprint density at radius 1 is 1.25 bits per heavy atom. The summed E-state index contributed by atoms with van der Waals surface area (Å²) >= 11 is 0. The summed E-state index contributed by atoms with van der Waals surface area (Å²) in [6, 6.07) is 1.31. The summed E-state index contributed by atoms with van der Waals surface area (Å²) in [6.45, 7) is 13.5. The van der Waals surface area contributed by atoms with E-state index in [-0.39, 0.29) is 5.41 Å². The molecule has 1 aliphatic heterocycles. The molecule has 0 radical (unpaired) electrons. The summed E-state index contributed by atoms with van der Waals surface area (Å²) < 4.78 is 0. The van der Waals surface area contributed by atoms with Crippen LogP contribution in [0.2, 0.25) is 0 Å². The molecule has 3 heteroatoms. The van der Waals surface area contributed by atoms with Crippen molar-refractivity contribution < 1.29 is 0 Å². The molecule has 1 saturated heterocycles. The second-order valence-corrected chi connectivity index (χ2v) is 5.93. The average molecular weight is 227 g/mol. The van der Waals surface area contributed by atoms with Gasteiger partial charge in [0.2, 0.25) is 0 Å². The highest BCUT2D eigenvalue weighted by atomic mass is 15.3. The van der Waals surface area contributed by atoms with Crippen molar-refractivity contribution in [2.75, 3.05) is 33.2 Å². The summed E-state index contributed by atoms with van der Waals surface area (Å²) in [5.41, 5.74) is 6.18. The van der Waals surface area contributed by atoms with E-state index in [1.54, 1.807) is 0 Å². The zero-order chi connectivity index (χ0) is 12.3. The van der Waals surface area contributed by atoms with Gasteiger partial charge in [0.1, 0.15) is 0 Å². The molecular weight excluding hydrogens is 198 g/mol. The van der Waals surface area contributed by atoms with Crippen LogP contribution in [-0.2, 0) is 0 Å². The highest BCUT2D eigenvalue weighted by Gasteiger charge is 2.30. The minimum absolute atomic E-state index is 0.287. The van der Waals surface area contributed by atoms with E-state index in [4.69, 9.17) is 5.73 Å². The smallest absolute Gasteiger partial charge is 0.0195 e. The Labute approximate surface area is 101 Å². The first-order valence-electron chi connectivity index (χ1n) is 6.56. The molecule has 1 aliphatic rings. The Hall–Kier alpha value is -0.120. The third-order valence-corrected chi connectivity index (χ3v) is 4.39. The van der Waals surface area contributed by atoms with Gasteiger partial charge >= 0.3 is 0 Å². The molecule has 1 heterocycles. The third-order valence-electron chi connectivity index (χ3n) is 4.39. The monoisotopic (exact) mass is 227 g/mol. The van der Waals surface area contributed by atoms with Crippen LogP contribution in [0.15, 0.2) is 0 Å². The van der Waals surface area contributed by atoms with Crippen molar-refractivity contribution >= 4 is 0 Å². The fourth-order valence-corrected chi connectivity index (χ4v) is 2.50. The van der Waals surface area contributed by atoms with Gasteiger partial charge in [-0.2, -0.15) is 0 Å². The molecule has 1 rings (SSSR count). The normalized spacial score (nSPS) is 32.6. The molecule has 0 saturated carbocycles. The van der Waals surface area contributed by atoms with E-state index in [9.17, 15) is 0 Å². The quantitative estimate of drug-likeness (QED) is 0.788. The van der Waals surface area contributed by atoms with Crippen molar-refractivity contribution in [1.82, 2.24) is 9.80 Å². The molecule has 96 valence electrons. The molecule has 1 fully saturated rings. The largest absolute Gasteiger partial charge is 0.330 e. The van der Waals surface area contributed by atoms with Crippen LogP contribution in [0.1, 0.15) is 34.1 Å². The highest BCUT2D eigenvalue weighted by molar-refractivity contribution is 4.86. The fraction of sp³-hybridized carbons (Fsp3) is 1.00. The summed E-state index contributed by atoms with van der Waals surface area (Å²) in [5, 5.41) is 0. The molecule has 0 aromatic carbocycles. The van der Waals surface area contributed by atoms with Crippen LogP contribution in [-0.4, -0.2) is 55.1 Å². The first-order valence-corrected chi connectivity index (χ1v) is 6.56. The predicted octanol–water partition coefficient (Wildman–Crippen LogP) is 1.39. The molecule has 3 unspecified atom stereocenters. The summed E-state index contributed by atoms with van der Waals surface area (Å²) in [7, 11) is 2.23. The Balaban J connectivity index is 2.56. The lowest BCUT2D eigenvalue weighted by molar-refractivity contribution is 0.0355. The van der Waals surface area contributed by atoms with Crippen LogP contribution in [0.4, 0.5) is 0 Å². The van der Waals surface area contributed by atoms with Crippen molar-refractivity contribution in [3.05, 3.63) is 0 Å². The molecule has 16 heavy (non-hydrogen) atoms. The third kappa shape index (κ3) is 3.19. The Morgan fingerprint density at radius 2 is 1.75 bits per heavy atom. The molecule has 0 aromatic heterocycles. The lowest BCUT2D eigenvalue weighted by Gasteiger charge is -2.45. The number of piperazine rings is 1. The van der Waals surface area contributed by atoms with Gasteiger partial charge in [-0.3, -0.25) is 9.80 Å². The summed E-state index contributed by atoms with van der Waals surface area (Å²) in [5.74, 6) is 0. The van der Waals surface area contributed by atoms with Crippen LogP contribution < -0.4 is 5.73 Å². The predicted molar refractivity (Wildman–Crippen MR) is 70.6 cm³/mol. The maximum absolute atomic E-state index is 5.89. The van der Waals surface area contributed by atoms with E-state index in [0.717, 1.165) is 13.1 Å². The molecule has 0 spiro atoms. The Morgan fingerprint density at radius 3 is 2.12 bits per heavy atom. The fourth-order valence-electron chi connectivity index (χ4n) is 2.50. The highest BCUT2D eigenvalue weighted by Crippen LogP contribution is 2.23. The van der Waals surface area contributed by atoms with Crippen LogP contribution >= 0.6 is 0 Å². The molecule has 0 aromatic rings. The van der Waals surface area contributed by atoms with Gasteiger partial charge in [-0.05, 0) is 39.3 Å². The van der Waals surface area contributed by atoms with Crippen molar-refractivity contribution in [3.63, 3.8) is 0 Å². The molecule has 0 bridgehead atoms. The number of likely N-dealkylation sites (N-methyl/N-ethyl adjacent to an activating group) is 1. The van der Waals surface area contributed by atoms with Gasteiger partial charge in [0.15, 0.2) is 0 Å². The minimum atomic E-state index is 0.287. The minimum Gasteiger partial charge on any atom is -0.330 e. The van der Waals surface area contributed by atoms with Crippen LogP contribution in [0.25, 0.3) is 0 Å². The Bertz CT molecular complexity index is 201. The standard InChI is InChI=1S/C13H29N3/c1-6-13(4,9-14)10-16-7-11(2)15(5)12(3)8-16/h11-12H,6-10,14H2,1-5H3. The van der Waals surface area contributed by atoms with E-state index in [1.165, 1.54) is 19.5 Å². The van der Waals surface area contributed by atoms with Gasteiger partial charge in [-0.25, -0.2) is 0 Å². The molecule has 3 atom stereocenters. The van der Waals surface area contributed by atoms with Gasteiger partial charge < -0.3 is 5.73 Å². The second-order valence-electron chi connectivity index (χ2n) is 5.93.